The molecule has 37 heavy (non-hydrogen) atoms. The molecule has 0 saturated carbocycles. The third-order valence-corrected chi connectivity index (χ3v) is 6.73. The van der Waals surface area contributed by atoms with E-state index in [1.54, 1.807) is 18.2 Å². The summed E-state index contributed by atoms with van der Waals surface area (Å²) >= 11 is 0. The van der Waals surface area contributed by atoms with Gasteiger partial charge in [-0.3, -0.25) is 14.7 Å². The Morgan fingerprint density at radius 3 is 2.68 bits per heavy atom. The van der Waals surface area contributed by atoms with Crippen LogP contribution in [0.1, 0.15) is 36.6 Å². The number of hydrogen-bond acceptors (Lipinski definition) is 4. The molecular weight excluding hydrogens is 488 g/mol. The van der Waals surface area contributed by atoms with Crippen LogP contribution in [0.15, 0.2) is 42.6 Å². The number of aliphatic carboxylic acids is 1. The number of pyridine rings is 1. The van der Waals surface area contributed by atoms with Crippen molar-refractivity contribution in [1.29, 1.82) is 0 Å². The molecule has 3 atom stereocenters. The number of rotatable bonds is 7. The first kappa shape index (κ1) is 26.4. The Kier molecular flexibility index (Phi) is 8.29. The van der Waals surface area contributed by atoms with E-state index < -0.39 is 35.5 Å². The number of halogens is 4. The molecule has 0 aliphatic carbocycles. The number of piperidine rings is 1. The summed E-state index contributed by atoms with van der Waals surface area (Å²) in [5.41, 5.74) is 0.542. The van der Waals surface area contributed by atoms with Crippen LogP contribution in [0.3, 0.4) is 0 Å². The van der Waals surface area contributed by atoms with Crippen molar-refractivity contribution in [3.8, 4) is 17.6 Å². The van der Waals surface area contributed by atoms with E-state index in [1.807, 2.05) is 4.90 Å². The molecule has 2 unspecified atom stereocenters. The molecule has 0 radical (unpaired) electrons. The molecule has 0 spiro atoms. The fraction of sp³-hybridized carbons (Fsp3) is 0.357. The average molecular weight is 515 g/mol. The minimum absolute atomic E-state index is 0.0351. The van der Waals surface area contributed by atoms with Gasteiger partial charge in [0, 0.05) is 29.1 Å². The number of aromatic nitrogens is 1. The number of carbonyl (C=O) groups is 1. The number of hydrogen-bond donors (Lipinski definition) is 1. The first-order chi connectivity index (χ1) is 17.7. The van der Waals surface area contributed by atoms with Crippen molar-refractivity contribution < 1.29 is 32.2 Å². The molecule has 4 rings (SSSR count). The standard InChI is InChI=1S/C28H26F4N2O3/c1-37-21-5-7-26-22(14-21)27(25(32)15-33-26)24(31)6-4-18-8-10-34(16-23(18)28(35)36)9-2-3-17-11-19(29)13-20(30)12-17/h5,7,11-15,18,23-24H,4,6,8-10,16H2,1H3,(H,35,36)/t18?,23?,24-/m1/s1. The summed E-state index contributed by atoms with van der Waals surface area (Å²) in [5, 5.41) is 10.1. The zero-order valence-corrected chi connectivity index (χ0v) is 20.2. The quantitative estimate of drug-likeness (QED) is 0.332. The minimum Gasteiger partial charge on any atom is -0.497 e. The van der Waals surface area contributed by atoms with Crippen molar-refractivity contribution in [1.82, 2.24) is 9.88 Å². The van der Waals surface area contributed by atoms with Crippen molar-refractivity contribution in [3.63, 3.8) is 0 Å². The highest BCUT2D eigenvalue weighted by Gasteiger charge is 2.34. The first-order valence-electron chi connectivity index (χ1n) is 11.9. The second-order valence-corrected chi connectivity index (χ2v) is 9.14. The predicted octanol–water partition coefficient (Wildman–Crippen LogP) is 5.53. The number of carboxylic acid groups (broad SMARTS) is 1. The van der Waals surface area contributed by atoms with Gasteiger partial charge in [0.05, 0.1) is 31.3 Å². The van der Waals surface area contributed by atoms with Gasteiger partial charge in [-0.1, -0.05) is 11.8 Å². The summed E-state index contributed by atoms with van der Waals surface area (Å²) in [6.45, 7) is 0.991. The average Bonchev–Trinajstić information content (AvgIpc) is 2.86. The van der Waals surface area contributed by atoms with Gasteiger partial charge in [-0.15, -0.1) is 0 Å². The molecule has 0 amide bonds. The van der Waals surface area contributed by atoms with Crippen LogP contribution in [0.4, 0.5) is 17.6 Å². The third-order valence-electron chi connectivity index (χ3n) is 6.73. The van der Waals surface area contributed by atoms with E-state index in [1.165, 1.54) is 7.11 Å². The molecule has 1 aliphatic heterocycles. The number of alkyl halides is 1. The predicted molar refractivity (Wildman–Crippen MR) is 130 cm³/mol. The Bertz CT molecular complexity index is 1330. The van der Waals surface area contributed by atoms with Crippen LogP contribution in [0.5, 0.6) is 5.75 Å². The summed E-state index contributed by atoms with van der Waals surface area (Å²) in [6, 6.07) is 7.86. The molecule has 9 heteroatoms. The van der Waals surface area contributed by atoms with Crippen LogP contribution in [0.2, 0.25) is 0 Å². The maximum atomic E-state index is 15.4. The fourth-order valence-electron chi connectivity index (χ4n) is 4.83. The lowest BCUT2D eigenvalue weighted by molar-refractivity contribution is -0.146. The maximum absolute atomic E-state index is 15.4. The van der Waals surface area contributed by atoms with Crippen molar-refractivity contribution >= 4 is 16.9 Å². The second kappa shape index (κ2) is 11.6. The molecule has 194 valence electrons. The highest BCUT2D eigenvalue weighted by Crippen LogP contribution is 2.36. The topological polar surface area (TPSA) is 62.7 Å². The maximum Gasteiger partial charge on any atom is 0.308 e. The summed E-state index contributed by atoms with van der Waals surface area (Å²) in [4.78, 5) is 17.8. The lowest BCUT2D eigenvalue weighted by Gasteiger charge is -2.35. The Labute approximate surface area is 212 Å². The molecule has 0 bridgehead atoms. The highest BCUT2D eigenvalue weighted by atomic mass is 19.1. The number of fused-ring (bicyclic) bond motifs is 1. The van der Waals surface area contributed by atoms with Crippen LogP contribution in [-0.4, -0.2) is 47.7 Å². The Morgan fingerprint density at radius 2 is 1.97 bits per heavy atom. The lowest BCUT2D eigenvalue weighted by atomic mass is 9.81. The first-order valence-corrected chi connectivity index (χ1v) is 11.9. The number of likely N-dealkylation sites (tertiary alicyclic amines) is 1. The van der Waals surface area contributed by atoms with Crippen molar-refractivity contribution in [2.75, 3.05) is 26.7 Å². The van der Waals surface area contributed by atoms with Gasteiger partial charge in [0.1, 0.15) is 29.4 Å². The van der Waals surface area contributed by atoms with E-state index in [-0.39, 0.29) is 43.0 Å². The molecule has 2 aromatic carbocycles. The summed E-state index contributed by atoms with van der Waals surface area (Å²) in [5.74, 6) is 1.77. The molecule has 5 nitrogen and oxygen atoms in total. The van der Waals surface area contributed by atoms with E-state index in [0.29, 0.717) is 29.6 Å². The van der Waals surface area contributed by atoms with Gasteiger partial charge < -0.3 is 9.84 Å². The van der Waals surface area contributed by atoms with Gasteiger partial charge >= 0.3 is 5.97 Å². The van der Waals surface area contributed by atoms with Gasteiger partial charge in [0.2, 0.25) is 0 Å². The van der Waals surface area contributed by atoms with Crippen molar-refractivity contribution in [3.05, 3.63) is 71.2 Å². The zero-order chi connectivity index (χ0) is 26.5. The SMILES string of the molecule is COc1ccc2ncc(F)c([C@H](F)CCC3CCN(CC#Cc4cc(F)cc(F)c4)CC3C(=O)O)c2c1. The van der Waals surface area contributed by atoms with Crippen molar-refractivity contribution in [2.24, 2.45) is 11.8 Å². The van der Waals surface area contributed by atoms with Gasteiger partial charge in [-0.05, 0) is 62.1 Å². The second-order valence-electron chi connectivity index (χ2n) is 9.14. The smallest absolute Gasteiger partial charge is 0.308 e. The molecule has 2 heterocycles. The Hall–Kier alpha value is -3.64. The third kappa shape index (κ3) is 6.38. The molecule has 1 aromatic heterocycles. The number of ether oxygens (including phenoxy) is 1. The van der Waals surface area contributed by atoms with Crippen LogP contribution in [0.25, 0.3) is 10.9 Å². The van der Waals surface area contributed by atoms with E-state index >= 15 is 4.39 Å². The molecular formula is C28H26F4N2O3. The normalized spacial score (nSPS) is 18.7. The number of benzene rings is 2. The van der Waals surface area contributed by atoms with E-state index in [4.69, 9.17) is 4.74 Å². The van der Waals surface area contributed by atoms with E-state index in [2.05, 4.69) is 16.8 Å². The number of carboxylic acids is 1. The van der Waals surface area contributed by atoms with Gasteiger partial charge in [0.25, 0.3) is 0 Å². The molecule has 3 aromatic rings. The molecule has 1 N–H and O–H groups in total. The van der Waals surface area contributed by atoms with Gasteiger partial charge in [0.15, 0.2) is 0 Å². The summed E-state index contributed by atoms with van der Waals surface area (Å²) < 4.78 is 61.8. The van der Waals surface area contributed by atoms with E-state index in [0.717, 1.165) is 24.4 Å². The van der Waals surface area contributed by atoms with Gasteiger partial charge in [-0.2, -0.15) is 0 Å². The molecule has 1 fully saturated rings. The number of methoxy groups -OCH3 is 1. The monoisotopic (exact) mass is 514 g/mol. The van der Waals surface area contributed by atoms with Crippen molar-refractivity contribution in [2.45, 2.75) is 25.4 Å². The van der Waals surface area contributed by atoms with Crippen LogP contribution in [0, 0.1) is 41.1 Å². The Balaban J connectivity index is 1.41. The lowest BCUT2D eigenvalue weighted by Crippen LogP contribution is -2.44. The summed E-state index contributed by atoms with van der Waals surface area (Å²) in [6.07, 6.45) is 0.102. The van der Waals surface area contributed by atoms with Crippen LogP contribution >= 0.6 is 0 Å². The number of nitrogens with zero attached hydrogens (tertiary/aromatic N) is 2. The van der Waals surface area contributed by atoms with Crippen LogP contribution in [-0.2, 0) is 4.79 Å². The highest BCUT2D eigenvalue weighted by molar-refractivity contribution is 5.84. The molecule has 1 aliphatic rings. The van der Waals surface area contributed by atoms with Crippen LogP contribution < -0.4 is 4.74 Å². The fourth-order valence-corrected chi connectivity index (χ4v) is 4.83. The molecule has 1 saturated heterocycles. The Morgan fingerprint density at radius 1 is 1.22 bits per heavy atom. The zero-order valence-electron chi connectivity index (χ0n) is 20.2. The van der Waals surface area contributed by atoms with E-state index in [9.17, 15) is 23.1 Å². The van der Waals surface area contributed by atoms with Gasteiger partial charge in [-0.25, -0.2) is 17.6 Å². The largest absolute Gasteiger partial charge is 0.497 e. The minimum atomic E-state index is -1.64. The summed E-state index contributed by atoms with van der Waals surface area (Å²) in [7, 11) is 1.46.